The zero-order valence-corrected chi connectivity index (χ0v) is 10.8. The highest BCUT2D eigenvalue weighted by molar-refractivity contribution is 5.63. The summed E-state index contributed by atoms with van der Waals surface area (Å²) in [5.74, 6) is 1.64. The van der Waals surface area contributed by atoms with Gasteiger partial charge in [-0.3, -0.25) is 4.68 Å². The van der Waals surface area contributed by atoms with Crippen molar-refractivity contribution >= 4 is 0 Å². The molecule has 100 valence electrons. The summed E-state index contributed by atoms with van der Waals surface area (Å²) in [6.07, 6.45) is 6.20. The molecule has 0 aliphatic heterocycles. The monoisotopic (exact) mass is 260 g/mol. The van der Waals surface area contributed by atoms with Gasteiger partial charge in [0.25, 0.3) is 0 Å². The Kier molecular flexibility index (Phi) is 3.49. The van der Waals surface area contributed by atoms with Gasteiger partial charge >= 0.3 is 0 Å². The van der Waals surface area contributed by atoms with Crippen LogP contribution in [0.2, 0.25) is 0 Å². The Hall–Kier alpha value is -1.84. The minimum absolute atomic E-state index is 0.303. The standard InChI is InChI=1S/C15H17FN2O/c16-6-7-18-10-14(9-17-18)13-2-1-3-15(8-13)19-11-12-4-5-12/h1-3,8-10,12H,4-7,11H2. The highest BCUT2D eigenvalue weighted by Crippen LogP contribution is 2.30. The second-order valence-corrected chi connectivity index (χ2v) is 4.96. The van der Waals surface area contributed by atoms with Crippen LogP contribution in [0.5, 0.6) is 5.75 Å². The van der Waals surface area contributed by atoms with Crippen molar-refractivity contribution in [2.24, 2.45) is 5.92 Å². The number of alkyl halides is 1. The van der Waals surface area contributed by atoms with Gasteiger partial charge in [-0.15, -0.1) is 0 Å². The Labute approximate surface area is 112 Å². The molecule has 1 aliphatic rings. The molecule has 1 aliphatic carbocycles. The van der Waals surface area contributed by atoms with Gasteiger partial charge in [0.05, 0.1) is 19.3 Å². The lowest BCUT2D eigenvalue weighted by molar-refractivity contribution is 0.300. The first kappa shape index (κ1) is 12.2. The van der Waals surface area contributed by atoms with Crippen LogP contribution in [0, 0.1) is 5.92 Å². The molecule has 0 unspecified atom stereocenters. The van der Waals surface area contributed by atoms with E-state index in [9.17, 15) is 4.39 Å². The first-order valence-corrected chi connectivity index (χ1v) is 6.67. The van der Waals surface area contributed by atoms with E-state index in [2.05, 4.69) is 5.10 Å². The fraction of sp³-hybridized carbons (Fsp3) is 0.400. The van der Waals surface area contributed by atoms with Crippen LogP contribution in [0.3, 0.4) is 0 Å². The predicted molar refractivity (Wildman–Crippen MR) is 71.9 cm³/mol. The molecule has 1 aromatic carbocycles. The minimum Gasteiger partial charge on any atom is -0.493 e. The number of hydrogen-bond donors (Lipinski definition) is 0. The third-order valence-corrected chi connectivity index (χ3v) is 3.30. The Balaban J connectivity index is 1.72. The third kappa shape index (κ3) is 3.13. The number of hydrogen-bond acceptors (Lipinski definition) is 2. The second kappa shape index (κ2) is 5.43. The summed E-state index contributed by atoms with van der Waals surface area (Å²) in [4.78, 5) is 0. The van der Waals surface area contributed by atoms with Crippen LogP contribution in [-0.2, 0) is 6.54 Å². The number of nitrogens with zero attached hydrogens (tertiary/aromatic N) is 2. The molecule has 0 bridgehead atoms. The highest BCUT2D eigenvalue weighted by Gasteiger charge is 2.21. The number of benzene rings is 1. The second-order valence-electron chi connectivity index (χ2n) is 4.96. The van der Waals surface area contributed by atoms with E-state index >= 15 is 0 Å². The third-order valence-electron chi connectivity index (χ3n) is 3.30. The summed E-state index contributed by atoms with van der Waals surface area (Å²) < 4.78 is 19.6. The van der Waals surface area contributed by atoms with E-state index in [1.165, 1.54) is 12.8 Å². The molecule has 0 radical (unpaired) electrons. The van der Waals surface area contributed by atoms with E-state index in [0.29, 0.717) is 6.54 Å². The number of rotatable bonds is 6. The molecular weight excluding hydrogens is 243 g/mol. The molecule has 1 fully saturated rings. The molecule has 1 saturated carbocycles. The van der Waals surface area contributed by atoms with Gasteiger partial charge in [-0.05, 0) is 36.5 Å². The quantitative estimate of drug-likeness (QED) is 0.796. The van der Waals surface area contributed by atoms with E-state index in [1.807, 2.05) is 30.5 Å². The van der Waals surface area contributed by atoms with Gasteiger partial charge in [0.2, 0.25) is 0 Å². The Morgan fingerprint density at radius 3 is 3.00 bits per heavy atom. The van der Waals surface area contributed by atoms with Crippen molar-refractivity contribution < 1.29 is 9.13 Å². The lowest BCUT2D eigenvalue weighted by Crippen LogP contribution is -1.99. The predicted octanol–water partition coefficient (Wildman–Crippen LogP) is 3.31. The Bertz CT molecular complexity index is 549. The van der Waals surface area contributed by atoms with Crippen LogP contribution in [0.4, 0.5) is 4.39 Å². The average Bonchev–Trinajstić information content (AvgIpc) is 3.15. The maximum absolute atomic E-state index is 12.3. The van der Waals surface area contributed by atoms with E-state index in [-0.39, 0.29) is 0 Å². The number of ether oxygens (including phenoxy) is 1. The molecule has 3 rings (SSSR count). The van der Waals surface area contributed by atoms with Crippen molar-refractivity contribution in [2.75, 3.05) is 13.3 Å². The maximum Gasteiger partial charge on any atom is 0.119 e. The molecule has 3 nitrogen and oxygen atoms in total. The summed E-state index contributed by atoms with van der Waals surface area (Å²) in [6.45, 7) is 0.716. The fourth-order valence-corrected chi connectivity index (χ4v) is 1.99. The lowest BCUT2D eigenvalue weighted by atomic mass is 10.1. The van der Waals surface area contributed by atoms with Crippen LogP contribution < -0.4 is 4.74 Å². The van der Waals surface area contributed by atoms with Crippen molar-refractivity contribution in [1.29, 1.82) is 0 Å². The molecule has 1 heterocycles. The molecule has 2 aromatic rings. The molecule has 0 spiro atoms. The highest BCUT2D eigenvalue weighted by atomic mass is 19.1. The summed E-state index contributed by atoms with van der Waals surface area (Å²) >= 11 is 0. The van der Waals surface area contributed by atoms with Crippen LogP contribution in [0.15, 0.2) is 36.7 Å². The topological polar surface area (TPSA) is 27.1 Å². The van der Waals surface area contributed by atoms with E-state index in [4.69, 9.17) is 4.74 Å². The van der Waals surface area contributed by atoms with Crippen LogP contribution in [0.25, 0.3) is 11.1 Å². The van der Waals surface area contributed by atoms with Gasteiger partial charge in [-0.2, -0.15) is 5.10 Å². The largest absolute Gasteiger partial charge is 0.493 e. The SMILES string of the molecule is FCCn1cc(-c2cccc(OCC3CC3)c2)cn1. The van der Waals surface area contributed by atoms with Crippen LogP contribution in [0.1, 0.15) is 12.8 Å². The average molecular weight is 260 g/mol. The maximum atomic E-state index is 12.3. The van der Waals surface area contributed by atoms with Crippen LogP contribution in [-0.4, -0.2) is 23.1 Å². The molecule has 4 heteroatoms. The Morgan fingerprint density at radius 2 is 2.21 bits per heavy atom. The van der Waals surface area contributed by atoms with Gasteiger partial charge in [0.15, 0.2) is 0 Å². The Morgan fingerprint density at radius 1 is 1.32 bits per heavy atom. The van der Waals surface area contributed by atoms with Gasteiger partial charge in [-0.25, -0.2) is 4.39 Å². The zero-order chi connectivity index (χ0) is 13.1. The summed E-state index contributed by atoms with van der Waals surface area (Å²) in [6, 6.07) is 7.97. The fourth-order valence-electron chi connectivity index (χ4n) is 1.99. The van der Waals surface area contributed by atoms with E-state index < -0.39 is 6.67 Å². The molecule has 0 N–H and O–H groups in total. The van der Waals surface area contributed by atoms with Gasteiger partial charge in [-0.1, -0.05) is 12.1 Å². The van der Waals surface area contributed by atoms with Gasteiger partial charge < -0.3 is 4.74 Å². The first-order valence-electron chi connectivity index (χ1n) is 6.67. The van der Waals surface area contributed by atoms with Gasteiger partial charge in [0.1, 0.15) is 12.4 Å². The zero-order valence-electron chi connectivity index (χ0n) is 10.8. The molecule has 19 heavy (non-hydrogen) atoms. The summed E-state index contributed by atoms with van der Waals surface area (Å²) in [5, 5.41) is 4.13. The molecular formula is C15H17FN2O. The van der Waals surface area contributed by atoms with Crippen molar-refractivity contribution in [3.05, 3.63) is 36.7 Å². The molecule has 0 saturated heterocycles. The molecule has 0 amide bonds. The first-order chi connectivity index (χ1) is 9.35. The normalized spacial score (nSPS) is 14.6. The van der Waals surface area contributed by atoms with Gasteiger partial charge in [0, 0.05) is 11.8 Å². The lowest BCUT2D eigenvalue weighted by Gasteiger charge is -2.06. The summed E-state index contributed by atoms with van der Waals surface area (Å²) in [7, 11) is 0. The van der Waals surface area contributed by atoms with Crippen molar-refractivity contribution in [3.63, 3.8) is 0 Å². The smallest absolute Gasteiger partial charge is 0.119 e. The number of aryl methyl sites for hydroxylation is 1. The number of halogens is 1. The summed E-state index contributed by atoms with van der Waals surface area (Å²) in [5.41, 5.74) is 2.05. The van der Waals surface area contributed by atoms with E-state index in [1.54, 1.807) is 10.9 Å². The minimum atomic E-state index is -0.397. The van der Waals surface area contributed by atoms with Crippen molar-refractivity contribution in [2.45, 2.75) is 19.4 Å². The molecule has 1 aromatic heterocycles. The number of aromatic nitrogens is 2. The van der Waals surface area contributed by atoms with Crippen molar-refractivity contribution in [3.8, 4) is 16.9 Å². The van der Waals surface area contributed by atoms with Crippen molar-refractivity contribution in [1.82, 2.24) is 9.78 Å². The van der Waals surface area contributed by atoms with Crippen LogP contribution >= 0.6 is 0 Å². The van der Waals surface area contributed by atoms with E-state index in [0.717, 1.165) is 29.4 Å². The molecule has 0 atom stereocenters.